The van der Waals surface area contributed by atoms with Gasteiger partial charge in [-0.3, -0.25) is 4.79 Å². The molecule has 0 atom stereocenters. The van der Waals surface area contributed by atoms with Crippen molar-refractivity contribution < 1.29 is 35.5 Å². The van der Waals surface area contributed by atoms with Gasteiger partial charge in [-0.15, -0.1) is 10.2 Å². The third kappa shape index (κ3) is 5.29. The molecule has 39 heavy (non-hydrogen) atoms. The number of halogens is 4. The van der Waals surface area contributed by atoms with Crippen molar-refractivity contribution in [2.24, 2.45) is 0 Å². The van der Waals surface area contributed by atoms with E-state index in [1.165, 1.54) is 31.2 Å². The molecule has 1 fully saturated rings. The number of sulfone groups is 1. The summed E-state index contributed by atoms with van der Waals surface area (Å²) in [6, 6.07) is 8.71. The zero-order chi connectivity index (χ0) is 28.9. The number of nitrogens with zero attached hydrogens (tertiary/aromatic N) is 3. The van der Waals surface area contributed by atoms with E-state index < -0.39 is 55.9 Å². The second-order valence-electron chi connectivity index (χ2n) is 9.41. The standard InChI is InChI=1S/C26H22F4N4O4S/c1-13-10-18(25(12-31)8-9-25)20(27)15(3)21(13)38-24-19(14(2)22(33-34-24)26(28,29)30)23(35)32-16-6-5-7-17(11-16)39(4,36)37/h5-7,10-11H,8-9H2,1-4H3,(H,32,35). The van der Waals surface area contributed by atoms with Gasteiger partial charge in [-0.25, -0.2) is 12.8 Å². The highest BCUT2D eigenvalue weighted by atomic mass is 32.2. The van der Waals surface area contributed by atoms with Crippen LogP contribution in [-0.2, 0) is 21.4 Å². The maximum atomic E-state index is 15.3. The molecule has 1 aliphatic carbocycles. The molecule has 1 amide bonds. The third-order valence-electron chi connectivity index (χ3n) is 6.50. The van der Waals surface area contributed by atoms with Crippen LogP contribution in [0.1, 0.15) is 51.1 Å². The van der Waals surface area contributed by atoms with E-state index >= 15 is 4.39 Å². The van der Waals surface area contributed by atoms with Crippen LogP contribution in [0.5, 0.6) is 11.6 Å². The first-order valence-corrected chi connectivity index (χ1v) is 13.4. The predicted octanol–water partition coefficient (Wildman–Crippen LogP) is 5.56. The van der Waals surface area contributed by atoms with Crippen LogP contribution in [0.25, 0.3) is 0 Å². The molecule has 0 bridgehead atoms. The topological polar surface area (TPSA) is 122 Å². The van der Waals surface area contributed by atoms with Gasteiger partial charge in [0, 0.05) is 23.1 Å². The number of rotatable bonds is 6. The van der Waals surface area contributed by atoms with Crippen LogP contribution in [0.4, 0.5) is 23.2 Å². The maximum Gasteiger partial charge on any atom is 0.435 e. The summed E-state index contributed by atoms with van der Waals surface area (Å²) in [5.74, 6) is -2.49. The molecule has 1 aliphatic rings. The molecule has 2 aromatic carbocycles. The van der Waals surface area contributed by atoms with Gasteiger partial charge in [-0.2, -0.15) is 18.4 Å². The number of hydrogen-bond acceptors (Lipinski definition) is 7. The van der Waals surface area contributed by atoms with E-state index in [0.29, 0.717) is 18.4 Å². The van der Waals surface area contributed by atoms with Gasteiger partial charge in [0.15, 0.2) is 15.5 Å². The quantitative estimate of drug-likeness (QED) is 0.390. The fourth-order valence-electron chi connectivity index (χ4n) is 4.22. The molecule has 0 radical (unpaired) electrons. The summed E-state index contributed by atoms with van der Waals surface area (Å²) in [4.78, 5) is 13.1. The number of hydrogen-bond donors (Lipinski definition) is 1. The molecule has 1 aromatic heterocycles. The van der Waals surface area contributed by atoms with Gasteiger partial charge in [0.05, 0.1) is 16.4 Å². The van der Waals surface area contributed by atoms with Gasteiger partial charge in [-0.05, 0) is 69.0 Å². The summed E-state index contributed by atoms with van der Waals surface area (Å²) < 4.78 is 85.7. The Hall–Kier alpha value is -4.05. The lowest BCUT2D eigenvalue weighted by Gasteiger charge is -2.19. The summed E-state index contributed by atoms with van der Waals surface area (Å²) in [5.41, 5.74) is -3.04. The van der Waals surface area contributed by atoms with Crippen LogP contribution in [0.3, 0.4) is 0 Å². The average Bonchev–Trinajstić information content (AvgIpc) is 3.64. The first kappa shape index (κ1) is 28.0. The Morgan fingerprint density at radius 3 is 2.36 bits per heavy atom. The first-order valence-electron chi connectivity index (χ1n) is 11.5. The SMILES string of the molecule is Cc1cc(C2(C#N)CC2)c(F)c(C)c1Oc1nnc(C(F)(F)F)c(C)c1C(=O)Nc1cccc(S(C)(=O)=O)c1. The number of nitrogens with one attached hydrogen (secondary N) is 1. The number of ether oxygens (including phenoxy) is 1. The van der Waals surface area contributed by atoms with E-state index in [1.54, 1.807) is 6.92 Å². The third-order valence-corrected chi connectivity index (χ3v) is 7.61. The lowest BCUT2D eigenvalue weighted by Crippen LogP contribution is -2.21. The minimum Gasteiger partial charge on any atom is -0.436 e. The number of aromatic nitrogens is 2. The van der Waals surface area contributed by atoms with Crippen molar-refractivity contribution in [2.75, 3.05) is 11.6 Å². The fourth-order valence-corrected chi connectivity index (χ4v) is 4.88. The Balaban J connectivity index is 1.80. The number of carbonyl (C=O) groups is 1. The number of aryl methyl sites for hydroxylation is 1. The largest absolute Gasteiger partial charge is 0.436 e. The second kappa shape index (κ2) is 9.60. The highest BCUT2D eigenvalue weighted by molar-refractivity contribution is 7.90. The van der Waals surface area contributed by atoms with Crippen molar-refractivity contribution in [1.82, 2.24) is 10.2 Å². The number of carbonyl (C=O) groups excluding carboxylic acids is 1. The van der Waals surface area contributed by atoms with E-state index in [1.807, 2.05) is 0 Å². The van der Waals surface area contributed by atoms with E-state index in [9.17, 15) is 31.6 Å². The van der Waals surface area contributed by atoms with Crippen molar-refractivity contribution in [3.8, 4) is 17.7 Å². The van der Waals surface area contributed by atoms with Crippen LogP contribution < -0.4 is 10.1 Å². The molecule has 0 saturated heterocycles. The van der Waals surface area contributed by atoms with E-state index in [4.69, 9.17) is 4.74 Å². The molecule has 4 rings (SSSR count). The van der Waals surface area contributed by atoms with Crippen molar-refractivity contribution >= 4 is 21.4 Å². The van der Waals surface area contributed by atoms with Crippen LogP contribution >= 0.6 is 0 Å². The van der Waals surface area contributed by atoms with Crippen LogP contribution in [0, 0.1) is 37.9 Å². The Bertz CT molecular complexity index is 1660. The monoisotopic (exact) mass is 562 g/mol. The molecule has 1 heterocycles. The lowest BCUT2D eigenvalue weighted by molar-refractivity contribution is -0.142. The molecule has 8 nitrogen and oxygen atoms in total. The smallest absolute Gasteiger partial charge is 0.435 e. The lowest BCUT2D eigenvalue weighted by atomic mass is 9.92. The highest BCUT2D eigenvalue weighted by Gasteiger charge is 2.47. The summed E-state index contributed by atoms with van der Waals surface area (Å²) >= 11 is 0. The minimum absolute atomic E-state index is 0.00682. The number of nitriles is 1. The molecule has 0 aliphatic heterocycles. The second-order valence-corrected chi connectivity index (χ2v) is 11.4. The van der Waals surface area contributed by atoms with E-state index in [0.717, 1.165) is 19.2 Å². The number of amides is 1. The van der Waals surface area contributed by atoms with Gasteiger partial charge in [0.1, 0.15) is 17.1 Å². The zero-order valence-electron chi connectivity index (χ0n) is 21.2. The van der Waals surface area contributed by atoms with Crippen LogP contribution in [0.15, 0.2) is 35.2 Å². The summed E-state index contributed by atoms with van der Waals surface area (Å²) in [6.45, 7) is 3.97. The molecule has 0 unspecified atom stereocenters. The van der Waals surface area contributed by atoms with Gasteiger partial charge < -0.3 is 10.1 Å². The van der Waals surface area contributed by atoms with Crippen molar-refractivity contribution in [3.63, 3.8) is 0 Å². The number of anilines is 1. The van der Waals surface area contributed by atoms with E-state index in [2.05, 4.69) is 21.6 Å². The molecule has 204 valence electrons. The van der Waals surface area contributed by atoms with Crippen LogP contribution in [-0.4, -0.2) is 30.8 Å². The molecular weight excluding hydrogens is 540 g/mol. The first-order chi connectivity index (χ1) is 18.1. The minimum atomic E-state index is -4.95. The molecule has 13 heteroatoms. The molecule has 0 spiro atoms. The summed E-state index contributed by atoms with van der Waals surface area (Å²) in [5, 5.41) is 18.6. The molecular formula is C26H22F4N4O4S. The highest BCUT2D eigenvalue weighted by Crippen LogP contribution is 2.50. The predicted molar refractivity (Wildman–Crippen MR) is 132 cm³/mol. The molecule has 1 saturated carbocycles. The normalized spacial score (nSPS) is 14.4. The van der Waals surface area contributed by atoms with Crippen molar-refractivity contribution in [1.29, 1.82) is 5.26 Å². The van der Waals surface area contributed by atoms with Crippen molar-refractivity contribution in [3.05, 3.63) is 69.7 Å². The maximum absolute atomic E-state index is 15.3. The number of alkyl halides is 3. The summed E-state index contributed by atoms with van der Waals surface area (Å²) in [7, 11) is -3.64. The van der Waals surface area contributed by atoms with Gasteiger partial charge >= 0.3 is 6.18 Å². The van der Waals surface area contributed by atoms with Gasteiger partial charge in [-0.1, -0.05) is 6.07 Å². The molecule has 1 N–H and O–H groups in total. The average molecular weight is 563 g/mol. The Morgan fingerprint density at radius 1 is 1.13 bits per heavy atom. The van der Waals surface area contributed by atoms with Crippen molar-refractivity contribution in [2.45, 2.75) is 50.1 Å². The number of benzene rings is 2. The summed E-state index contributed by atoms with van der Waals surface area (Å²) in [6.07, 6.45) is -3.00. The van der Waals surface area contributed by atoms with Crippen LogP contribution in [0.2, 0.25) is 0 Å². The Morgan fingerprint density at radius 2 is 1.79 bits per heavy atom. The Labute approximate surface area is 221 Å². The van der Waals surface area contributed by atoms with Gasteiger partial charge in [0.25, 0.3) is 11.8 Å². The zero-order valence-corrected chi connectivity index (χ0v) is 22.0. The fraction of sp³-hybridized carbons (Fsp3) is 0.308. The Kier molecular flexibility index (Phi) is 6.89. The molecule has 3 aromatic rings. The van der Waals surface area contributed by atoms with E-state index in [-0.39, 0.29) is 27.5 Å². The van der Waals surface area contributed by atoms with Gasteiger partial charge in [0.2, 0.25) is 0 Å².